The summed E-state index contributed by atoms with van der Waals surface area (Å²) in [5.41, 5.74) is 0.813. The lowest BCUT2D eigenvalue weighted by Crippen LogP contribution is -2.09. The Morgan fingerprint density at radius 1 is 1.28 bits per heavy atom. The fourth-order valence-corrected chi connectivity index (χ4v) is 2.73. The fourth-order valence-electron chi connectivity index (χ4n) is 1.58. The topological polar surface area (TPSA) is 80.7 Å². The van der Waals surface area contributed by atoms with Gasteiger partial charge in [-0.05, 0) is 33.6 Å². The standard InChI is InChI=1S/C11H9BrO5S/c1-18(15,16)7-4-2-6(3-5-7)8-9(12)11(14)17-10(8)13/h2-5,10,13H,1H3. The molecule has 0 saturated carbocycles. The quantitative estimate of drug-likeness (QED) is 0.819. The molecule has 0 amide bonds. The van der Waals surface area contributed by atoms with E-state index in [1.54, 1.807) is 0 Å². The van der Waals surface area contributed by atoms with Gasteiger partial charge in [0.15, 0.2) is 9.84 Å². The summed E-state index contributed by atoms with van der Waals surface area (Å²) in [6.07, 6.45) is -0.232. The van der Waals surface area contributed by atoms with Gasteiger partial charge in [-0.3, -0.25) is 0 Å². The number of rotatable bonds is 2. The van der Waals surface area contributed by atoms with Gasteiger partial charge >= 0.3 is 5.97 Å². The van der Waals surface area contributed by atoms with Crippen LogP contribution in [0.25, 0.3) is 5.57 Å². The smallest absolute Gasteiger partial charge is 0.348 e. The summed E-state index contributed by atoms with van der Waals surface area (Å²) in [6.45, 7) is 0. The van der Waals surface area contributed by atoms with Crippen molar-refractivity contribution in [2.45, 2.75) is 11.2 Å². The van der Waals surface area contributed by atoms with E-state index in [2.05, 4.69) is 20.7 Å². The first-order chi connectivity index (χ1) is 8.30. The summed E-state index contributed by atoms with van der Waals surface area (Å²) in [5, 5.41) is 9.56. The maximum Gasteiger partial charge on any atom is 0.348 e. The summed E-state index contributed by atoms with van der Waals surface area (Å²) in [5.74, 6) is -0.648. The molecule has 1 unspecified atom stereocenters. The minimum absolute atomic E-state index is 0.141. The van der Waals surface area contributed by atoms with E-state index in [9.17, 15) is 18.3 Å². The highest BCUT2D eigenvalue weighted by molar-refractivity contribution is 9.12. The predicted octanol–water partition coefficient (Wildman–Crippen LogP) is 1.07. The van der Waals surface area contributed by atoms with E-state index in [0.717, 1.165) is 6.26 Å². The minimum atomic E-state index is -3.27. The molecular weight excluding hydrogens is 324 g/mol. The van der Waals surface area contributed by atoms with Crippen molar-refractivity contribution in [3.05, 3.63) is 34.3 Å². The molecule has 1 aromatic carbocycles. The van der Waals surface area contributed by atoms with Gasteiger partial charge in [-0.25, -0.2) is 13.2 Å². The molecule has 0 spiro atoms. The molecule has 96 valence electrons. The van der Waals surface area contributed by atoms with E-state index in [1.807, 2.05) is 0 Å². The molecule has 1 N–H and O–H groups in total. The van der Waals surface area contributed by atoms with Crippen LogP contribution < -0.4 is 0 Å². The maximum absolute atomic E-state index is 11.3. The Labute approximate surface area is 112 Å². The van der Waals surface area contributed by atoms with Gasteiger partial charge in [-0.15, -0.1) is 0 Å². The van der Waals surface area contributed by atoms with Gasteiger partial charge in [0.05, 0.1) is 4.90 Å². The lowest BCUT2D eigenvalue weighted by molar-refractivity contribution is -0.149. The second-order valence-electron chi connectivity index (χ2n) is 3.78. The number of carbonyl (C=O) groups is 1. The molecule has 0 aromatic heterocycles. The Balaban J connectivity index is 2.46. The van der Waals surface area contributed by atoms with E-state index >= 15 is 0 Å². The van der Waals surface area contributed by atoms with Crippen molar-refractivity contribution >= 4 is 37.3 Å². The Morgan fingerprint density at radius 2 is 1.83 bits per heavy atom. The Hall–Kier alpha value is -1.18. The van der Waals surface area contributed by atoms with Gasteiger partial charge in [-0.2, -0.15) is 0 Å². The predicted molar refractivity (Wildman–Crippen MR) is 67.5 cm³/mol. The largest absolute Gasteiger partial charge is 0.427 e. The number of aliphatic hydroxyl groups is 1. The molecule has 0 saturated heterocycles. The van der Waals surface area contributed by atoms with Crippen LogP contribution in [-0.2, 0) is 19.4 Å². The second kappa shape index (κ2) is 4.49. The molecule has 0 fully saturated rings. The van der Waals surface area contributed by atoms with Crippen molar-refractivity contribution < 1.29 is 23.1 Å². The third-order valence-electron chi connectivity index (χ3n) is 2.47. The number of ether oxygens (including phenoxy) is 1. The van der Waals surface area contributed by atoms with Gasteiger partial charge in [0.2, 0.25) is 6.29 Å². The monoisotopic (exact) mass is 332 g/mol. The number of sulfone groups is 1. The Morgan fingerprint density at radius 3 is 2.22 bits per heavy atom. The Kier molecular flexibility index (Phi) is 3.31. The van der Waals surface area contributed by atoms with Crippen LogP contribution in [0, 0.1) is 0 Å². The van der Waals surface area contributed by atoms with Crippen LogP contribution in [0.1, 0.15) is 5.56 Å². The van der Waals surface area contributed by atoms with Crippen molar-refractivity contribution in [1.29, 1.82) is 0 Å². The molecular formula is C11H9BrO5S. The number of cyclic esters (lactones) is 1. The number of esters is 1. The average Bonchev–Trinajstić information content (AvgIpc) is 2.52. The lowest BCUT2D eigenvalue weighted by Gasteiger charge is -2.08. The molecule has 1 aliphatic heterocycles. The SMILES string of the molecule is CS(=O)(=O)c1ccc(C2=C(Br)C(=O)OC2O)cc1. The molecule has 1 atom stereocenters. The highest BCUT2D eigenvalue weighted by Gasteiger charge is 2.32. The zero-order chi connectivity index (χ0) is 13.5. The van der Waals surface area contributed by atoms with Crippen molar-refractivity contribution in [3.8, 4) is 0 Å². The summed E-state index contributed by atoms with van der Waals surface area (Å²) in [6, 6.07) is 5.84. The summed E-state index contributed by atoms with van der Waals surface area (Å²) in [4.78, 5) is 11.4. The number of halogens is 1. The molecule has 1 heterocycles. The van der Waals surface area contributed by atoms with Gasteiger partial charge < -0.3 is 9.84 Å². The normalized spacial score (nSPS) is 20.2. The number of benzene rings is 1. The minimum Gasteiger partial charge on any atom is -0.427 e. The van der Waals surface area contributed by atoms with Crippen LogP contribution >= 0.6 is 15.9 Å². The summed E-state index contributed by atoms with van der Waals surface area (Å²) >= 11 is 3.03. The van der Waals surface area contributed by atoms with Gasteiger partial charge in [0.25, 0.3) is 0 Å². The third kappa shape index (κ3) is 2.33. The number of carbonyl (C=O) groups excluding carboxylic acids is 1. The van der Waals surface area contributed by atoms with Crippen LogP contribution in [0.5, 0.6) is 0 Å². The van der Waals surface area contributed by atoms with Crippen LogP contribution in [0.15, 0.2) is 33.6 Å². The highest BCUT2D eigenvalue weighted by atomic mass is 79.9. The maximum atomic E-state index is 11.3. The van der Waals surface area contributed by atoms with Gasteiger partial charge in [-0.1, -0.05) is 12.1 Å². The molecule has 0 bridgehead atoms. The van der Waals surface area contributed by atoms with Gasteiger partial charge in [0.1, 0.15) is 4.48 Å². The van der Waals surface area contributed by atoms with Crippen LogP contribution in [0.4, 0.5) is 0 Å². The fraction of sp³-hybridized carbons (Fsp3) is 0.182. The Bertz CT molecular complexity index is 630. The molecule has 2 rings (SSSR count). The van der Waals surface area contributed by atoms with E-state index < -0.39 is 22.1 Å². The summed E-state index contributed by atoms with van der Waals surface area (Å²) < 4.78 is 27.3. The van der Waals surface area contributed by atoms with E-state index in [4.69, 9.17) is 0 Å². The van der Waals surface area contributed by atoms with Crippen molar-refractivity contribution in [2.24, 2.45) is 0 Å². The van der Waals surface area contributed by atoms with Gasteiger partial charge in [0, 0.05) is 11.8 Å². The number of hydrogen-bond donors (Lipinski definition) is 1. The number of hydrogen-bond acceptors (Lipinski definition) is 5. The van der Waals surface area contributed by atoms with Crippen LogP contribution in [-0.4, -0.2) is 32.0 Å². The van der Waals surface area contributed by atoms with E-state index in [-0.39, 0.29) is 9.38 Å². The second-order valence-corrected chi connectivity index (χ2v) is 6.59. The van der Waals surface area contributed by atoms with Crippen molar-refractivity contribution in [1.82, 2.24) is 0 Å². The third-order valence-corrected chi connectivity index (χ3v) is 4.35. The molecule has 1 aliphatic rings. The van der Waals surface area contributed by atoms with Crippen LogP contribution in [0.2, 0.25) is 0 Å². The average molecular weight is 333 g/mol. The van der Waals surface area contributed by atoms with Crippen molar-refractivity contribution in [2.75, 3.05) is 6.26 Å². The first-order valence-corrected chi connectivity index (χ1v) is 7.58. The van der Waals surface area contributed by atoms with Crippen LogP contribution in [0.3, 0.4) is 0 Å². The van der Waals surface area contributed by atoms with E-state index in [1.165, 1.54) is 24.3 Å². The molecule has 1 aromatic rings. The van der Waals surface area contributed by atoms with Crippen molar-refractivity contribution in [3.63, 3.8) is 0 Å². The first kappa shape index (κ1) is 13.3. The zero-order valence-electron chi connectivity index (χ0n) is 9.25. The molecule has 0 aliphatic carbocycles. The molecule has 7 heteroatoms. The molecule has 5 nitrogen and oxygen atoms in total. The lowest BCUT2D eigenvalue weighted by atomic mass is 10.1. The first-order valence-electron chi connectivity index (χ1n) is 4.90. The molecule has 0 radical (unpaired) electrons. The molecule has 18 heavy (non-hydrogen) atoms. The highest BCUT2D eigenvalue weighted by Crippen LogP contribution is 2.33. The number of aliphatic hydroxyl groups excluding tert-OH is 1. The summed E-state index contributed by atoms with van der Waals surface area (Å²) in [7, 11) is -3.27. The zero-order valence-corrected chi connectivity index (χ0v) is 11.7. The van der Waals surface area contributed by atoms with E-state index in [0.29, 0.717) is 11.1 Å².